The van der Waals surface area contributed by atoms with Gasteiger partial charge in [0.15, 0.2) is 0 Å². The van der Waals surface area contributed by atoms with E-state index < -0.39 is 0 Å². The summed E-state index contributed by atoms with van der Waals surface area (Å²) >= 11 is 3.95. The molecule has 0 aromatic rings. The van der Waals surface area contributed by atoms with Gasteiger partial charge in [0.05, 0.1) is 0 Å². The zero-order valence-corrected chi connectivity index (χ0v) is 3.63. The minimum Gasteiger partial charge on any atom is -0.174 e. The number of rotatable bonds is 1. The highest BCUT2D eigenvalue weighted by atomic mass is 32.1. The van der Waals surface area contributed by atoms with Crippen molar-refractivity contribution in [2.24, 2.45) is 0 Å². The summed E-state index contributed by atoms with van der Waals surface area (Å²) in [5.41, 5.74) is 4.14. The first-order chi connectivity index (χ1) is 2.43. The lowest BCUT2D eigenvalue weighted by atomic mass is 10.6. The Labute approximate surface area is 36.6 Å². The zero-order chi connectivity index (χ0) is 3.70. The minimum atomic E-state index is 0.861. The van der Waals surface area contributed by atoms with Gasteiger partial charge < -0.3 is 0 Å². The van der Waals surface area contributed by atoms with Crippen LogP contribution >= 0.6 is 12.6 Å². The zero-order valence-electron chi connectivity index (χ0n) is 2.73. The Kier molecular flexibility index (Phi) is 0.569. The molecule has 1 aliphatic carbocycles. The average molecular weight is 84.1 g/mol. The molecule has 0 atom stereocenters. The molecule has 26 valence electrons. The van der Waals surface area contributed by atoms with E-state index in [0.29, 0.717) is 0 Å². The lowest BCUT2D eigenvalue weighted by Gasteiger charge is -1.65. The Hall–Kier alpha value is -0.130. The van der Waals surface area contributed by atoms with E-state index in [-0.39, 0.29) is 0 Å². The molecule has 1 rings (SSSR count). The maximum atomic E-state index is 3.95. The SMILES string of the molecule is SCC1=C=C1. The van der Waals surface area contributed by atoms with Gasteiger partial charge in [0.25, 0.3) is 0 Å². The molecule has 0 saturated heterocycles. The molecule has 0 heterocycles. The lowest BCUT2D eigenvalue weighted by molar-refractivity contribution is 1.72. The molecule has 0 unspecified atom stereocenters. The predicted molar refractivity (Wildman–Crippen MR) is 25.4 cm³/mol. The first kappa shape index (κ1) is 3.08. The summed E-state index contributed by atoms with van der Waals surface area (Å²) in [4.78, 5) is 0. The standard InChI is InChI=1S/C4H4S/c5-3-4-1-2-4/h1,5H,3H2. The van der Waals surface area contributed by atoms with Gasteiger partial charge in [-0.15, -0.1) is 5.73 Å². The predicted octanol–water partition coefficient (Wildman–Crippen LogP) is 1.01. The van der Waals surface area contributed by atoms with E-state index in [1.807, 2.05) is 6.08 Å². The van der Waals surface area contributed by atoms with Crippen LogP contribution in [0.15, 0.2) is 17.4 Å². The summed E-state index contributed by atoms with van der Waals surface area (Å²) in [7, 11) is 0. The van der Waals surface area contributed by atoms with Crippen LogP contribution in [-0.2, 0) is 0 Å². The Bertz CT molecular complexity index is 96.2. The van der Waals surface area contributed by atoms with Crippen LogP contribution in [0.4, 0.5) is 0 Å². The van der Waals surface area contributed by atoms with Crippen LogP contribution in [0, 0.1) is 0 Å². The number of hydrogen-bond acceptors (Lipinski definition) is 1. The van der Waals surface area contributed by atoms with E-state index in [1.165, 1.54) is 5.57 Å². The molecule has 0 spiro atoms. The second kappa shape index (κ2) is 0.925. The first-order valence-corrected chi connectivity index (χ1v) is 2.13. The average Bonchev–Trinajstić information content (AvgIpc) is 2.12. The van der Waals surface area contributed by atoms with E-state index in [2.05, 4.69) is 18.4 Å². The molecule has 0 aromatic carbocycles. The molecule has 0 N–H and O–H groups in total. The monoisotopic (exact) mass is 84.0 g/mol. The van der Waals surface area contributed by atoms with Crippen molar-refractivity contribution in [1.29, 1.82) is 0 Å². The Morgan fingerprint density at radius 1 is 2.00 bits per heavy atom. The van der Waals surface area contributed by atoms with Crippen LogP contribution in [0.1, 0.15) is 0 Å². The molecule has 0 fully saturated rings. The van der Waals surface area contributed by atoms with Gasteiger partial charge in [0, 0.05) is 11.3 Å². The van der Waals surface area contributed by atoms with E-state index in [1.54, 1.807) is 0 Å². The Morgan fingerprint density at radius 3 is 2.60 bits per heavy atom. The van der Waals surface area contributed by atoms with Crippen molar-refractivity contribution >= 4 is 12.6 Å². The van der Waals surface area contributed by atoms with Gasteiger partial charge in [-0.3, -0.25) is 0 Å². The molecular weight excluding hydrogens is 80.1 g/mol. The van der Waals surface area contributed by atoms with E-state index >= 15 is 0 Å². The summed E-state index contributed by atoms with van der Waals surface area (Å²) < 4.78 is 0. The highest BCUT2D eigenvalue weighted by molar-refractivity contribution is 7.80. The molecular formula is C4H4S. The lowest BCUT2D eigenvalue weighted by Crippen LogP contribution is -1.57. The third-order valence-corrected chi connectivity index (χ3v) is 0.859. The highest BCUT2D eigenvalue weighted by Crippen LogP contribution is 2.05. The number of hydrogen-bond donors (Lipinski definition) is 1. The molecule has 0 aromatic heterocycles. The summed E-state index contributed by atoms with van der Waals surface area (Å²) in [5, 5.41) is 0. The number of thiol groups is 1. The van der Waals surface area contributed by atoms with Gasteiger partial charge in [-0.25, -0.2) is 0 Å². The molecule has 0 radical (unpaired) electrons. The Balaban J connectivity index is 2.30. The molecule has 5 heavy (non-hydrogen) atoms. The van der Waals surface area contributed by atoms with Crippen molar-refractivity contribution < 1.29 is 0 Å². The second-order valence-electron chi connectivity index (χ2n) is 0.972. The van der Waals surface area contributed by atoms with Crippen molar-refractivity contribution in [2.45, 2.75) is 0 Å². The summed E-state index contributed by atoms with van der Waals surface area (Å²) in [6, 6.07) is 0. The van der Waals surface area contributed by atoms with Crippen LogP contribution in [0.25, 0.3) is 0 Å². The molecule has 0 bridgehead atoms. The smallest absolute Gasteiger partial charge is 0.0234 e. The normalized spacial score (nSPS) is 15.0. The fraction of sp³-hybridized carbons (Fsp3) is 0.250. The fourth-order valence-corrected chi connectivity index (χ4v) is 0.325. The maximum Gasteiger partial charge on any atom is 0.0234 e. The maximum absolute atomic E-state index is 3.95. The van der Waals surface area contributed by atoms with Crippen LogP contribution < -0.4 is 0 Å². The third kappa shape index (κ3) is 0.571. The van der Waals surface area contributed by atoms with Crippen molar-refractivity contribution in [3.8, 4) is 0 Å². The van der Waals surface area contributed by atoms with Crippen molar-refractivity contribution in [3.63, 3.8) is 0 Å². The van der Waals surface area contributed by atoms with Crippen LogP contribution in [0.3, 0.4) is 0 Å². The summed E-state index contributed by atoms with van der Waals surface area (Å²) in [6.07, 6.45) is 1.94. The van der Waals surface area contributed by atoms with E-state index in [4.69, 9.17) is 0 Å². The fourth-order valence-electron chi connectivity index (χ4n) is 0.142. The molecule has 0 nitrogen and oxygen atoms in total. The van der Waals surface area contributed by atoms with Crippen molar-refractivity contribution in [1.82, 2.24) is 0 Å². The van der Waals surface area contributed by atoms with Crippen molar-refractivity contribution in [2.75, 3.05) is 5.75 Å². The quantitative estimate of drug-likeness (QED) is 0.356. The van der Waals surface area contributed by atoms with Gasteiger partial charge in [0.2, 0.25) is 0 Å². The summed E-state index contributed by atoms with van der Waals surface area (Å²) in [6.45, 7) is 0. The van der Waals surface area contributed by atoms with Crippen LogP contribution in [-0.4, -0.2) is 5.75 Å². The topological polar surface area (TPSA) is 0 Å². The van der Waals surface area contributed by atoms with Gasteiger partial charge in [0.1, 0.15) is 0 Å². The van der Waals surface area contributed by atoms with Gasteiger partial charge >= 0.3 is 0 Å². The molecule has 0 saturated carbocycles. The minimum absolute atomic E-state index is 0.861. The molecule has 0 amide bonds. The van der Waals surface area contributed by atoms with Gasteiger partial charge in [-0.1, -0.05) is 0 Å². The third-order valence-electron chi connectivity index (χ3n) is 0.519. The van der Waals surface area contributed by atoms with Crippen LogP contribution in [0.5, 0.6) is 0 Å². The largest absolute Gasteiger partial charge is 0.174 e. The molecule has 0 aliphatic heterocycles. The van der Waals surface area contributed by atoms with Gasteiger partial charge in [-0.05, 0) is 6.08 Å². The Morgan fingerprint density at radius 2 is 2.60 bits per heavy atom. The van der Waals surface area contributed by atoms with Crippen molar-refractivity contribution in [3.05, 3.63) is 17.4 Å². The van der Waals surface area contributed by atoms with Gasteiger partial charge in [-0.2, -0.15) is 12.6 Å². The molecule has 1 aliphatic rings. The molecule has 1 heteroatoms. The summed E-state index contributed by atoms with van der Waals surface area (Å²) in [5.74, 6) is 0.861. The highest BCUT2D eigenvalue weighted by Gasteiger charge is 1.91. The van der Waals surface area contributed by atoms with Crippen LogP contribution in [0.2, 0.25) is 0 Å². The van der Waals surface area contributed by atoms with E-state index in [0.717, 1.165) is 5.75 Å². The second-order valence-corrected chi connectivity index (χ2v) is 1.29. The van der Waals surface area contributed by atoms with E-state index in [9.17, 15) is 0 Å². The first-order valence-electron chi connectivity index (χ1n) is 1.50.